The van der Waals surface area contributed by atoms with E-state index in [-0.39, 0.29) is 11.6 Å². The van der Waals surface area contributed by atoms with Gasteiger partial charge >= 0.3 is 0 Å². The minimum Gasteiger partial charge on any atom is -0.294 e. The highest BCUT2D eigenvalue weighted by Crippen LogP contribution is 2.07. The Bertz CT molecular complexity index is 3040. The highest BCUT2D eigenvalue weighted by Gasteiger charge is 2.11. The number of hydrogen-bond acceptors (Lipinski definition) is 2. The fraction of sp³-hybridized carbons (Fsp3) is 0.260. The van der Waals surface area contributed by atoms with E-state index < -0.39 is 0 Å². The lowest BCUT2D eigenvalue weighted by atomic mass is 10.1. The molecule has 0 bridgehead atoms. The summed E-state index contributed by atoms with van der Waals surface area (Å²) in [5, 5.41) is 0. The molecule has 0 aliphatic heterocycles. The Kier molecular flexibility index (Phi) is 39.0. The lowest BCUT2D eigenvalue weighted by Crippen LogP contribution is -2.36. The average molecular weight is 1130 g/mol. The maximum Gasteiger partial charge on any atom is 0.227 e. The van der Waals surface area contributed by atoms with Gasteiger partial charge in [0.05, 0.1) is 0 Å². The Morgan fingerprint density at radius 1 is 0.321 bits per heavy atom. The molecule has 0 N–H and O–H groups in total. The Morgan fingerprint density at radius 2 is 0.667 bits per heavy atom. The topological polar surface area (TPSA) is 53.5 Å². The minimum atomic E-state index is 0.135. The summed E-state index contributed by atoms with van der Waals surface area (Å²) in [5.74, 6) is 0.348. The molecule has 0 saturated carbocycles. The number of aromatic nitrogens is 5. The Balaban J connectivity index is 0.000000482. The maximum absolute atomic E-state index is 11.9. The standard InChI is InChI=1S/C14H14NO.C11H10N.C10H12O.C9H12.C8H10.3C7H10N.2C2H6/c1-12-5-7-13(8-6-12)14(16)11-15-9-3-2-4-10-15;1-3-7-11(8-4-1)12-9-5-2-6-10-12;1-3-10(11)9-6-4-8(2)5-7-9;1-3-9-6-4-8(2)5-7-9;2*1-7-3-5-8(2)6-4-7;2*1-7-4-3-5-8(2)6-7;2*1-2/h2-10H,11H2,1H3;1-10H;4-7H,3H2,1-2H3;4-7H,3H2,1-2H3;4*3-6H,1-2H3;2*1-2H3/q2*+1;;;;3*+1;;. The van der Waals surface area contributed by atoms with Gasteiger partial charge in [-0.2, -0.15) is 9.13 Å². The first kappa shape index (κ1) is 73.2. The minimum absolute atomic E-state index is 0.135. The average Bonchev–Trinajstić information content (AvgIpc) is 3.59. The lowest BCUT2D eigenvalue weighted by molar-refractivity contribution is -0.683. The fourth-order valence-electron chi connectivity index (χ4n) is 7.16. The molecule has 10 rings (SSSR count). The molecule has 0 fully saturated rings. The maximum atomic E-state index is 11.9. The van der Waals surface area contributed by atoms with Crippen LogP contribution in [-0.4, -0.2) is 11.6 Å². The van der Waals surface area contributed by atoms with E-state index in [4.69, 9.17) is 0 Å². The van der Waals surface area contributed by atoms with E-state index in [9.17, 15) is 9.59 Å². The number of para-hydroxylation sites is 1. The van der Waals surface area contributed by atoms with Crippen molar-refractivity contribution < 1.29 is 32.4 Å². The van der Waals surface area contributed by atoms with E-state index in [0.29, 0.717) is 13.0 Å². The number of aryl methyl sites for hydroxylation is 12. The summed E-state index contributed by atoms with van der Waals surface area (Å²) < 4.78 is 10.1. The number of pyridine rings is 5. The summed E-state index contributed by atoms with van der Waals surface area (Å²) in [7, 11) is 6.06. The molecule has 5 heterocycles. The summed E-state index contributed by atoms with van der Waals surface area (Å²) in [6.07, 6.45) is 21.9. The van der Waals surface area contributed by atoms with Crippen LogP contribution in [0.2, 0.25) is 0 Å². The Morgan fingerprint density at radius 3 is 1.01 bits per heavy atom. The summed E-state index contributed by atoms with van der Waals surface area (Å²) in [4.78, 5) is 23.0. The van der Waals surface area contributed by atoms with E-state index in [2.05, 4.69) is 150 Å². The van der Waals surface area contributed by atoms with E-state index in [1.54, 1.807) is 0 Å². The van der Waals surface area contributed by atoms with Crippen LogP contribution in [0.1, 0.15) is 119 Å². The molecule has 0 saturated heterocycles. The zero-order chi connectivity index (χ0) is 62.5. The second kappa shape index (κ2) is 44.8. The molecule has 0 atom stereocenters. The zero-order valence-corrected chi connectivity index (χ0v) is 54.0. The van der Waals surface area contributed by atoms with Gasteiger partial charge in [-0.3, -0.25) is 9.59 Å². The lowest BCUT2D eigenvalue weighted by Gasteiger charge is -1.98. The summed E-state index contributed by atoms with van der Waals surface area (Å²) in [6.45, 7) is 29.0. The molecular weight excluding hydrogens is 1030 g/mol. The normalized spacial score (nSPS) is 9.25. The molecule has 0 unspecified atom stereocenters. The fourth-order valence-corrected chi connectivity index (χ4v) is 7.16. The van der Waals surface area contributed by atoms with E-state index >= 15 is 0 Å². The van der Waals surface area contributed by atoms with Gasteiger partial charge in [0.15, 0.2) is 67.8 Å². The summed E-state index contributed by atoms with van der Waals surface area (Å²) >= 11 is 0. The molecular formula is C77H100N5O2+5. The van der Waals surface area contributed by atoms with Crippen molar-refractivity contribution in [3.8, 4) is 5.69 Å². The van der Waals surface area contributed by atoms with Crippen molar-refractivity contribution in [3.63, 3.8) is 0 Å². The second-order valence-corrected chi connectivity index (χ2v) is 19.7. The number of Topliss-reactive ketones (excluding diaryl/α,β-unsaturated/α-hetero) is 2. The van der Waals surface area contributed by atoms with Gasteiger partial charge in [-0.25, -0.2) is 13.7 Å². The summed E-state index contributed by atoms with van der Waals surface area (Å²) in [5.41, 5.74) is 14.5. The third kappa shape index (κ3) is 34.5. The monoisotopic (exact) mass is 1130 g/mol. The van der Waals surface area contributed by atoms with Gasteiger partial charge in [0.25, 0.3) is 0 Å². The van der Waals surface area contributed by atoms with Crippen molar-refractivity contribution in [1.29, 1.82) is 0 Å². The molecule has 0 spiro atoms. The van der Waals surface area contributed by atoms with Crippen molar-refractivity contribution in [2.45, 2.75) is 116 Å². The van der Waals surface area contributed by atoms with Crippen molar-refractivity contribution in [1.82, 2.24) is 0 Å². The predicted molar refractivity (Wildman–Crippen MR) is 352 cm³/mol. The molecule has 5 aromatic carbocycles. The number of ketones is 2. The first-order chi connectivity index (χ1) is 40.4. The third-order valence-electron chi connectivity index (χ3n) is 12.0. The summed E-state index contributed by atoms with van der Waals surface area (Å²) in [6, 6.07) is 67.0. The number of nitrogens with zero attached hydrogens (tertiary/aromatic N) is 5. The molecule has 5 aromatic heterocycles. The van der Waals surface area contributed by atoms with E-state index in [0.717, 1.165) is 17.5 Å². The number of hydrogen-bond donors (Lipinski definition) is 0. The number of rotatable bonds is 7. The van der Waals surface area contributed by atoms with Crippen LogP contribution in [0.5, 0.6) is 0 Å². The first-order valence-electron chi connectivity index (χ1n) is 29.4. The van der Waals surface area contributed by atoms with E-state index in [1.165, 1.54) is 55.8 Å². The van der Waals surface area contributed by atoms with Crippen LogP contribution in [0, 0.1) is 55.4 Å². The van der Waals surface area contributed by atoms with Gasteiger partial charge < -0.3 is 0 Å². The van der Waals surface area contributed by atoms with Crippen molar-refractivity contribution in [2.75, 3.05) is 0 Å². The van der Waals surface area contributed by atoms with Crippen molar-refractivity contribution in [3.05, 3.63) is 323 Å². The number of benzene rings is 5. The Hall–Kier alpha value is -8.81. The van der Waals surface area contributed by atoms with Crippen LogP contribution >= 0.6 is 0 Å². The quantitative estimate of drug-likeness (QED) is 0.118. The van der Waals surface area contributed by atoms with Gasteiger partial charge in [-0.1, -0.05) is 197 Å². The van der Waals surface area contributed by atoms with Gasteiger partial charge in [0.1, 0.15) is 21.1 Å². The first-order valence-corrected chi connectivity index (χ1v) is 29.4. The van der Waals surface area contributed by atoms with Gasteiger partial charge in [-0.15, -0.1) is 0 Å². The van der Waals surface area contributed by atoms with Crippen LogP contribution in [0.15, 0.2) is 262 Å². The molecule has 10 aromatic rings. The van der Waals surface area contributed by atoms with E-state index in [1.807, 2.05) is 253 Å². The van der Waals surface area contributed by atoms with Crippen molar-refractivity contribution in [2.24, 2.45) is 21.1 Å². The van der Waals surface area contributed by atoms with Crippen molar-refractivity contribution >= 4 is 11.6 Å². The van der Waals surface area contributed by atoms with Gasteiger partial charge in [0.2, 0.25) is 18.0 Å². The largest absolute Gasteiger partial charge is 0.294 e. The highest BCUT2D eigenvalue weighted by atomic mass is 16.1. The predicted octanol–water partition coefficient (Wildman–Crippen LogP) is 16.1. The van der Waals surface area contributed by atoms with Gasteiger partial charge in [0, 0.05) is 89.3 Å². The molecule has 0 aliphatic carbocycles. The molecule has 440 valence electrons. The second-order valence-electron chi connectivity index (χ2n) is 19.7. The van der Waals surface area contributed by atoms with Crippen LogP contribution in [0.25, 0.3) is 5.69 Å². The number of carbonyl (C=O) groups is 2. The van der Waals surface area contributed by atoms with Crippen LogP contribution in [-0.2, 0) is 34.1 Å². The smallest absolute Gasteiger partial charge is 0.227 e. The molecule has 0 aliphatic rings. The Labute approximate surface area is 507 Å². The van der Waals surface area contributed by atoms with Crippen LogP contribution < -0.4 is 22.8 Å². The molecule has 0 radical (unpaired) electrons. The SMILES string of the molecule is CC.CC.CCC(=O)c1ccc(C)cc1.CCc1ccc(C)cc1.Cc1cc[n+](C)cc1.Cc1ccc(C(=O)C[n+]2ccccc2)cc1.Cc1ccc(C)cc1.Cc1ccc[n+](C)c1.Cc1ccc[n+](C)c1.c1ccc(-[n+]2ccccc2)cc1. The molecule has 7 heteroatoms. The molecule has 7 nitrogen and oxygen atoms in total. The molecule has 84 heavy (non-hydrogen) atoms. The van der Waals surface area contributed by atoms with Crippen LogP contribution in [0.4, 0.5) is 0 Å². The highest BCUT2D eigenvalue weighted by molar-refractivity contribution is 5.96. The zero-order valence-electron chi connectivity index (χ0n) is 54.0. The third-order valence-corrected chi connectivity index (χ3v) is 12.0. The number of carbonyl (C=O) groups excluding carboxylic acids is 2. The van der Waals surface area contributed by atoms with Crippen LogP contribution in [0.3, 0.4) is 0 Å². The van der Waals surface area contributed by atoms with Gasteiger partial charge in [-0.05, 0) is 85.1 Å². The molecule has 0 amide bonds.